The molecule has 0 rings (SSSR count). The van der Waals surface area contributed by atoms with Crippen LogP contribution in [0, 0.1) is 5.92 Å². The highest BCUT2D eigenvalue weighted by atomic mass is 16.5. The molecule has 0 aromatic heterocycles. The summed E-state index contributed by atoms with van der Waals surface area (Å²) in [6.45, 7) is 12.9. The Morgan fingerprint density at radius 2 is 1.71 bits per heavy atom. The first-order chi connectivity index (χ1) is 8.26. The van der Waals surface area contributed by atoms with E-state index < -0.39 is 0 Å². The lowest BCUT2D eigenvalue weighted by molar-refractivity contribution is 0.0322. The molecule has 0 amide bonds. The summed E-state index contributed by atoms with van der Waals surface area (Å²) in [7, 11) is 0. The van der Waals surface area contributed by atoms with Crippen molar-refractivity contribution in [1.82, 2.24) is 5.32 Å². The molecule has 2 unspecified atom stereocenters. The lowest BCUT2D eigenvalue weighted by Crippen LogP contribution is -2.39. The second-order valence-electron chi connectivity index (χ2n) is 4.59. The van der Waals surface area contributed by atoms with Gasteiger partial charge in [-0.25, -0.2) is 0 Å². The topological polar surface area (TPSA) is 30.5 Å². The van der Waals surface area contributed by atoms with Crippen LogP contribution in [-0.4, -0.2) is 39.0 Å². The molecule has 3 heteroatoms. The molecule has 3 nitrogen and oxygen atoms in total. The van der Waals surface area contributed by atoms with Crippen LogP contribution in [0.3, 0.4) is 0 Å². The van der Waals surface area contributed by atoms with Crippen molar-refractivity contribution < 1.29 is 9.47 Å². The van der Waals surface area contributed by atoms with E-state index in [1.807, 2.05) is 0 Å². The molecule has 0 radical (unpaired) electrons. The average molecular weight is 245 g/mol. The number of unbranched alkanes of at least 4 members (excludes halogenated alkanes) is 1. The third kappa shape index (κ3) is 9.57. The molecule has 2 atom stereocenters. The standard InChI is InChI=1S/C14H31NO2/c1-5-8-9-16-10-11-17-12-14(15-7-3)13(4)6-2/h13-15H,5-12H2,1-4H3. The van der Waals surface area contributed by atoms with E-state index in [2.05, 4.69) is 33.0 Å². The number of nitrogens with one attached hydrogen (secondary N) is 1. The molecule has 0 aliphatic heterocycles. The zero-order chi connectivity index (χ0) is 12.9. The Kier molecular flexibility index (Phi) is 12.3. The summed E-state index contributed by atoms with van der Waals surface area (Å²) in [4.78, 5) is 0. The van der Waals surface area contributed by atoms with Gasteiger partial charge in [0, 0.05) is 12.6 Å². The molecule has 104 valence electrons. The molecule has 0 heterocycles. The van der Waals surface area contributed by atoms with Crippen LogP contribution in [0.1, 0.15) is 47.0 Å². The van der Waals surface area contributed by atoms with E-state index in [1.165, 1.54) is 12.8 Å². The van der Waals surface area contributed by atoms with Crippen LogP contribution in [-0.2, 0) is 9.47 Å². The van der Waals surface area contributed by atoms with Crippen molar-refractivity contribution in [3.63, 3.8) is 0 Å². The maximum atomic E-state index is 5.66. The Bertz CT molecular complexity index is 153. The summed E-state index contributed by atoms with van der Waals surface area (Å²) >= 11 is 0. The van der Waals surface area contributed by atoms with E-state index in [4.69, 9.17) is 9.47 Å². The zero-order valence-corrected chi connectivity index (χ0v) is 12.1. The van der Waals surface area contributed by atoms with Gasteiger partial charge < -0.3 is 14.8 Å². The van der Waals surface area contributed by atoms with Crippen LogP contribution in [0.4, 0.5) is 0 Å². The highest BCUT2D eigenvalue weighted by Gasteiger charge is 2.14. The molecule has 0 aliphatic rings. The van der Waals surface area contributed by atoms with E-state index in [-0.39, 0.29) is 0 Å². The fourth-order valence-electron chi connectivity index (χ4n) is 1.65. The SMILES string of the molecule is CCCCOCCOCC(NCC)C(C)CC. The Balaban J connectivity index is 3.47. The number of rotatable bonds is 12. The maximum absolute atomic E-state index is 5.66. The van der Waals surface area contributed by atoms with Crippen LogP contribution >= 0.6 is 0 Å². The van der Waals surface area contributed by atoms with Crippen LogP contribution in [0.2, 0.25) is 0 Å². The zero-order valence-electron chi connectivity index (χ0n) is 12.1. The number of hydrogen-bond acceptors (Lipinski definition) is 3. The minimum absolute atomic E-state index is 0.473. The summed E-state index contributed by atoms with van der Waals surface area (Å²) < 4.78 is 11.1. The van der Waals surface area contributed by atoms with Gasteiger partial charge in [0.05, 0.1) is 19.8 Å². The average Bonchev–Trinajstić information content (AvgIpc) is 2.35. The van der Waals surface area contributed by atoms with Crippen LogP contribution in [0.15, 0.2) is 0 Å². The lowest BCUT2D eigenvalue weighted by Gasteiger charge is -2.23. The lowest BCUT2D eigenvalue weighted by atomic mass is 10.00. The Morgan fingerprint density at radius 3 is 2.29 bits per heavy atom. The third-order valence-corrected chi connectivity index (χ3v) is 3.11. The quantitative estimate of drug-likeness (QED) is 0.536. The Hall–Kier alpha value is -0.120. The smallest absolute Gasteiger partial charge is 0.0701 e. The van der Waals surface area contributed by atoms with Gasteiger partial charge in [0.15, 0.2) is 0 Å². The maximum Gasteiger partial charge on any atom is 0.0701 e. The summed E-state index contributed by atoms with van der Waals surface area (Å²) in [6.07, 6.45) is 3.53. The monoisotopic (exact) mass is 245 g/mol. The molecule has 0 bridgehead atoms. The normalized spacial score (nSPS) is 14.8. The summed E-state index contributed by atoms with van der Waals surface area (Å²) in [5.41, 5.74) is 0. The van der Waals surface area contributed by atoms with Gasteiger partial charge in [-0.05, 0) is 18.9 Å². The molecular weight excluding hydrogens is 214 g/mol. The van der Waals surface area contributed by atoms with Crippen molar-refractivity contribution in [3.8, 4) is 0 Å². The first-order valence-corrected chi connectivity index (χ1v) is 7.15. The highest BCUT2D eigenvalue weighted by molar-refractivity contribution is 4.71. The first-order valence-electron chi connectivity index (χ1n) is 7.15. The van der Waals surface area contributed by atoms with Crippen molar-refractivity contribution in [3.05, 3.63) is 0 Å². The molecule has 0 saturated heterocycles. The van der Waals surface area contributed by atoms with Gasteiger partial charge in [0.2, 0.25) is 0 Å². The molecule has 0 aliphatic carbocycles. The highest BCUT2D eigenvalue weighted by Crippen LogP contribution is 2.07. The minimum Gasteiger partial charge on any atom is -0.379 e. The summed E-state index contributed by atoms with van der Waals surface area (Å²) in [5.74, 6) is 0.663. The van der Waals surface area contributed by atoms with E-state index in [0.29, 0.717) is 18.6 Å². The predicted molar refractivity (Wildman–Crippen MR) is 73.5 cm³/mol. The van der Waals surface area contributed by atoms with Crippen LogP contribution in [0.25, 0.3) is 0 Å². The van der Waals surface area contributed by atoms with Crippen molar-refractivity contribution >= 4 is 0 Å². The molecule has 0 fully saturated rings. The molecule has 17 heavy (non-hydrogen) atoms. The van der Waals surface area contributed by atoms with E-state index in [1.54, 1.807) is 0 Å². The van der Waals surface area contributed by atoms with Gasteiger partial charge in [0.1, 0.15) is 0 Å². The Morgan fingerprint density at radius 1 is 1.00 bits per heavy atom. The number of ether oxygens (including phenoxy) is 2. The predicted octanol–water partition coefficient (Wildman–Crippen LogP) is 2.84. The van der Waals surface area contributed by atoms with Crippen molar-refractivity contribution in [2.24, 2.45) is 5.92 Å². The molecule has 0 saturated carbocycles. The van der Waals surface area contributed by atoms with Crippen LogP contribution < -0.4 is 5.32 Å². The fourth-order valence-corrected chi connectivity index (χ4v) is 1.65. The van der Waals surface area contributed by atoms with E-state index in [0.717, 1.165) is 32.8 Å². The second-order valence-corrected chi connectivity index (χ2v) is 4.59. The largest absolute Gasteiger partial charge is 0.379 e. The van der Waals surface area contributed by atoms with Gasteiger partial charge in [-0.3, -0.25) is 0 Å². The molecule has 0 spiro atoms. The second kappa shape index (κ2) is 12.3. The molecule has 0 aromatic carbocycles. The van der Waals surface area contributed by atoms with Gasteiger partial charge >= 0.3 is 0 Å². The van der Waals surface area contributed by atoms with E-state index >= 15 is 0 Å². The number of likely N-dealkylation sites (N-methyl/N-ethyl adjacent to an activating group) is 1. The van der Waals surface area contributed by atoms with Crippen molar-refractivity contribution in [1.29, 1.82) is 0 Å². The van der Waals surface area contributed by atoms with Gasteiger partial charge in [-0.15, -0.1) is 0 Å². The van der Waals surface area contributed by atoms with Crippen molar-refractivity contribution in [2.45, 2.75) is 53.0 Å². The van der Waals surface area contributed by atoms with Gasteiger partial charge in [-0.2, -0.15) is 0 Å². The Labute approximate surface area is 107 Å². The molecule has 1 N–H and O–H groups in total. The molecular formula is C14H31NO2. The summed E-state index contributed by atoms with van der Waals surface area (Å²) in [6, 6.07) is 0.473. The van der Waals surface area contributed by atoms with Gasteiger partial charge in [-0.1, -0.05) is 40.5 Å². The van der Waals surface area contributed by atoms with Crippen LogP contribution in [0.5, 0.6) is 0 Å². The summed E-state index contributed by atoms with van der Waals surface area (Å²) in [5, 5.41) is 3.48. The minimum atomic E-state index is 0.473. The van der Waals surface area contributed by atoms with Gasteiger partial charge in [0.25, 0.3) is 0 Å². The van der Waals surface area contributed by atoms with E-state index in [9.17, 15) is 0 Å². The van der Waals surface area contributed by atoms with Crippen molar-refractivity contribution in [2.75, 3.05) is 33.0 Å². The number of hydrogen-bond donors (Lipinski definition) is 1. The third-order valence-electron chi connectivity index (χ3n) is 3.11. The first kappa shape index (κ1) is 16.9. The fraction of sp³-hybridized carbons (Fsp3) is 1.00. The molecule has 0 aromatic rings.